The minimum Gasteiger partial charge on any atom is -0.464 e. The lowest BCUT2D eigenvalue weighted by molar-refractivity contribution is -0.145. The van der Waals surface area contributed by atoms with Crippen molar-refractivity contribution in [2.24, 2.45) is 0 Å². The molecule has 0 fully saturated rings. The van der Waals surface area contributed by atoms with Crippen molar-refractivity contribution < 1.29 is 38.1 Å². The van der Waals surface area contributed by atoms with Gasteiger partial charge in [0, 0.05) is 25.9 Å². The van der Waals surface area contributed by atoms with E-state index in [1.54, 1.807) is 41.5 Å². The van der Waals surface area contributed by atoms with Crippen LogP contribution >= 0.6 is 0 Å². The summed E-state index contributed by atoms with van der Waals surface area (Å²) in [5, 5.41) is 0. The molecule has 362 valence electrons. The molecule has 0 saturated heterocycles. The Morgan fingerprint density at radius 3 is 0.952 bits per heavy atom. The third-order valence-electron chi connectivity index (χ3n) is 10.5. The normalized spacial score (nSPS) is 11.9. The van der Waals surface area contributed by atoms with Crippen molar-refractivity contribution in [1.29, 1.82) is 0 Å². The minimum absolute atomic E-state index is 0.0174. The molecule has 0 heterocycles. The highest BCUT2D eigenvalue weighted by molar-refractivity contribution is 5.71. The zero-order valence-corrected chi connectivity index (χ0v) is 41.5. The Kier molecular flexibility index (Phi) is 37.6. The van der Waals surface area contributed by atoms with E-state index in [0.717, 1.165) is 64.2 Å². The lowest BCUT2D eigenvalue weighted by Gasteiger charge is -2.31. The summed E-state index contributed by atoms with van der Waals surface area (Å²) in [5.74, 6) is -0.573. The second-order valence-corrected chi connectivity index (χ2v) is 19.0. The average molecular weight is 877 g/mol. The second kappa shape index (κ2) is 39.5. The van der Waals surface area contributed by atoms with Crippen LogP contribution in [-0.2, 0) is 28.5 Å². The van der Waals surface area contributed by atoms with Gasteiger partial charge in [0.25, 0.3) is 0 Å². The second-order valence-electron chi connectivity index (χ2n) is 19.0. The molecule has 0 spiro atoms. The molecule has 0 rings (SSSR count). The summed E-state index contributed by atoms with van der Waals surface area (Å²) in [6.07, 6.45) is 39.8. The molecule has 10 heteroatoms. The molecule has 0 bridgehead atoms. The average Bonchev–Trinajstić information content (AvgIpc) is 3.19. The van der Waals surface area contributed by atoms with Crippen LogP contribution in [0.3, 0.4) is 0 Å². The van der Waals surface area contributed by atoms with Gasteiger partial charge in [-0.05, 0) is 106 Å². The van der Waals surface area contributed by atoms with Crippen LogP contribution in [0.25, 0.3) is 0 Å². The van der Waals surface area contributed by atoms with E-state index in [1.807, 2.05) is 0 Å². The molecule has 0 aromatic rings. The molecule has 0 aromatic carbocycles. The van der Waals surface area contributed by atoms with Crippen molar-refractivity contribution in [3.8, 4) is 0 Å². The first-order valence-corrected chi connectivity index (χ1v) is 25.3. The van der Waals surface area contributed by atoms with E-state index in [-0.39, 0.29) is 51.3 Å². The molecule has 0 radical (unpaired) electrons. The van der Waals surface area contributed by atoms with E-state index in [0.29, 0.717) is 12.8 Å². The van der Waals surface area contributed by atoms with Crippen molar-refractivity contribution in [2.75, 3.05) is 39.4 Å². The van der Waals surface area contributed by atoms with Gasteiger partial charge in [-0.1, -0.05) is 141 Å². The highest BCUT2D eigenvalue weighted by atomic mass is 16.6. The maximum absolute atomic E-state index is 13.2. The van der Waals surface area contributed by atoms with Gasteiger partial charge in [0.1, 0.15) is 24.4 Å². The number of carbonyl (C=O) groups excluding carboxylic acids is 4. The lowest BCUT2D eigenvalue weighted by Crippen LogP contribution is -2.46. The third kappa shape index (κ3) is 41.0. The van der Waals surface area contributed by atoms with Crippen LogP contribution in [-0.4, -0.2) is 84.5 Å². The van der Waals surface area contributed by atoms with E-state index in [9.17, 15) is 19.2 Å². The summed E-state index contributed by atoms with van der Waals surface area (Å²) < 4.78 is 22.3. The smallest absolute Gasteiger partial charge is 0.410 e. The van der Waals surface area contributed by atoms with Crippen LogP contribution in [0.1, 0.15) is 235 Å². The monoisotopic (exact) mass is 877 g/mol. The van der Waals surface area contributed by atoms with Gasteiger partial charge in [-0.25, -0.2) is 9.59 Å². The summed E-state index contributed by atoms with van der Waals surface area (Å²) >= 11 is 0. The van der Waals surface area contributed by atoms with Crippen molar-refractivity contribution >= 4 is 24.1 Å². The SMILES string of the molecule is CCCCCCCC/C=C\CCCCCCCC(=O)OCCN(CCN(CCOC(=O)CCCCCCC/C=C\CCCCCCCC)C(=O)OC(C)(C)C)C(=O)OC(C)(C)C. The van der Waals surface area contributed by atoms with E-state index < -0.39 is 23.4 Å². The topological polar surface area (TPSA) is 112 Å². The first-order chi connectivity index (χ1) is 29.7. The predicted molar refractivity (Wildman–Crippen MR) is 256 cm³/mol. The number of allylic oxidation sites excluding steroid dienone is 4. The van der Waals surface area contributed by atoms with Gasteiger partial charge in [0.15, 0.2) is 0 Å². The van der Waals surface area contributed by atoms with Crippen LogP contribution in [0.15, 0.2) is 24.3 Å². The Morgan fingerprint density at radius 2 is 0.661 bits per heavy atom. The van der Waals surface area contributed by atoms with Crippen LogP contribution in [0.5, 0.6) is 0 Å². The molecule has 0 aliphatic heterocycles. The van der Waals surface area contributed by atoms with Gasteiger partial charge in [-0.2, -0.15) is 0 Å². The van der Waals surface area contributed by atoms with Crippen LogP contribution < -0.4 is 0 Å². The molecule has 0 aliphatic rings. The number of nitrogens with zero attached hydrogens (tertiary/aromatic N) is 2. The minimum atomic E-state index is -0.737. The van der Waals surface area contributed by atoms with Crippen molar-refractivity contribution in [1.82, 2.24) is 9.80 Å². The number of ether oxygens (including phenoxy) is 4. The Morgan fingerprint density at radius 1 is 0.387 bits per heavy atom. The standard InChI is InChI=1S/C52H96N2O8/c1-9-11-13-15-17-19-21-23-25-27-29-31-33-35-37-39-47(55)59-45-43-53(49(57)61-51(3,4)5)41-42-54(50(58)62-52(6,7)8)44-46-60-48(56)40-38-36-34-32-30-28-26-24-22-20-18-16-14-12-10-2/h23-26H,9-22,27-46H2,1-8H3/b25-23-,26-24-. The first kappa shape index (κ1) is 59.0. The fourth-order valence-corrected chi connectivity index (χ4v) is 6.85. The van der Waals surface area contributed by atoms with Crippen LogP contribution in [0.2, 0.25) is 0 Å². The van der Waals surface area contributed by atoms with Gasteiger partial charge in [0.05, 0.1) is 13.1 Å². The number of hydrogen-bond donors (Lipinski definition) is 0. The van der Waals surface area contributed by atoms with E-state index >= 15 is 0 Å². The quantitative estimate of drug-likeness (QED) is 0.0260. The Bertz CT molecular complexity index is 1080. The van der Waals surface area contributed by atoms with Gasteiger partial charge in [0.2, 0.25) is 0 Å². The number of amides is 2. The molecular formula is C52H96N2O8. The maximum atomic E-state index is 13.2. The Hall–Kier alpha value is -3.04. The van der Waals surface area contributed by atoms with Gasteiger partial charge >= 0.3 is 24.1 Å². The summed E-state index contributed by atoms with van der Waals surface area (Å²) in [4.78, 5) is 54.4. The molecule has 0 aromatic heterocycles. The summed E-state index contributed by atoms with van der Waals surface area (Å²) in [7, 11) is 0. The number of unbranched alkanes of at least 4 members (excludes halogenated alkanes) is 22. The number of esters is 2. The van der Waals surface area contributed by atoms with Crippen molar-refractivity contribution in [2.45, 2.75) is 246 Å². The molecule has 62 heavy (non-hydrogen) atoms. The maximum Gasteiger partial charge on any atom is 0.410 e. The summed E-state index contributed by atoms with van der Waals surface area (Å²) in [5.41, 5.74) is -1.47. The highest BCUT2D eigenvalue weighted by Crippen LogP contribution is 2.15. The summed E-state index contributed by atoms with van der Waals surface area (Å²) in [6.45, 7) is 15.7. The fraction of sp³-hybridized carbons (Fsp3) is 0.846. The van der Waals surface area contributed by atoms with Gasteiger partial charge in [-0.15, -0.1) is 0 Å². The molecule has 2 amide bonds. The first-order valence-electron chi connectivity index (χ1n) is 25.3. The van der Waals surface area contributed by atoms with E-state index in [2.05, 4.69) is 38.2 Å². The zero-order chi connectivity index (χ0) is 46.2. The molecule has 0 atom stereocenters. The highest BCUT2D eigenvalue weighted by Gasteiger charge is 2.26. The predicted octanol–water partition coefficient (Wildman–Crippen LogP) is 14.6. The third-order valence-corrected chi connectivity index (χ3v) is 10.5. The Labute approximate surface area is 381 Å². The number of carbonyl (C=O) groups is 4. The van der Waals surface area contributed by atoms with Gasteiger partial charge < -0.3 is 28.7 Å². The molecule has 0 N–H and O–H groups in total. The number of rotatable bonds is 39. The molecular weight excluding hydrogens is 781 g/mol. The van der Waals surface area contributed by atoms with Crippen molar-refractivity contribution in [3.63, 3.8) is 0 Å². The zero-order valence-electron chi connectivity index (χ0n) is 41.5. The number of hydrogen-bond acceptors (Lipinski definition) is 8. The fourth-order valence-electron chi connectivity index (χ4n) is 6.85. The molecule has 0 aliphatic carbocycles. The van der Waals surface area contributed by atoms with Gasteiger partial charge in [-0.3, -0.25) is 9.59 Å². The van der Waals surface area contributed by atoms with Crippen molar-refractivity contribution in [3.05, 3.63) is 24.3 Å². The summed E-state index contributed by atoms with van der Waals surface area (Å²) in [6, 6.07) is 0. The molecule has 0 saturated carbocycles. The van der Waals surface area contributed by atoms with Crippen LogP contribution in [0, 0.1) is 0 Å². The van der Waals surface area contributed by atoms with Crippen LogP contribution in [0.4, 0.5) is 9.59 Å². The van der Waals surface area contributed by atoms with E-state index in [1.165, 1.54) is 113 Å². The molecule has 10 nitrogen and oxygen atoms in total. The van der Waals surface area contributed by atoms with E-state index in [4.69, 9.17) is 18.9 Å². The largest absolute Gasteiger partial charge is 0.464 e. The lowest BCUT2D eigenvalue weighted by atomic mass is 10.1. The molecule has 0 unspecified atom stereocenters. The Balaban J connectivity index is 4.64.